The number of nitro benzene ring substituents is 1. The van der Waals surface area contributed by atoms with Crippen molar-refractivity contribution in [1.82, 2.24) is 14.5 Å². The predicted octanol–water partition coefficient (Wildman–Crippen LogP) is 6.82. The van der Waals surface area contributed by atoms with Crippen LogP contribution in [0.5, 0.6) is 0 Å². The molecule has 34 heavy (non-hydrogen) atoms. The smallest absolute Gasteiger partial charge is 0.277 e. The molecule has 0 aliphatic heterocycles. The molecule has 0 amide bonds. The van der Waals surface area contributed by atoms with Crippen LogP contribution < -0.4 is 0 Å². The highest BCUT2D eigenvalue weighted by Gasteiger charge is 2.16. The SMILES string of the molecule is O=[N+]([O-])c1ccccc1-c1ccc2cn(-c3nc(-c4ccccc4)c4ccccc4n3)cc2c1. The van der Waals surface area contributed by atoms with Gasteiger partial charge in [0.2, 0.25) is 5.95 Å². The molecule has 0 N–H and O–H groups in total. The van der Waals surface area contributed by atoms with Gasteiger partial charge in [0.25, 0.3) is 5.69 Å². The predicted molar refractivity (Wildman–Crippen MR) is 134 cm³/mol. The minimum atomic E-state index is -0.348. The normalized spacial score (nSPS) is 11.2. The first-order chi connectivity index (χ1) is 16.7. The fraction of sp³-hybridized carbons (Fsp3) is 0. The van der Waals surface area contributed by atoms with E-state index in [0.29, 0.717) is 11.5 Å². The first kappa shape index (κ1) is 19.8. The lowest BCUT2D eigenvalue weighted by atomic mass is 10.0. The number of hydrogen-bond donors (Lipinski definition) is 0. The van der Waals surface area contributed by atoms with E-state index in [1.807, 2.05) is 95.8 Å². The van der Waals surface area contributed by atoms with Gasteiger partial charge in [0.05, 0.1) is 21.7 Å². The van der Waals surface area contributed by atoms with Crippen molar-refractivity contribution in [3.8, 4) is 28.3 Å². The number of fused-ring (bicyclic) bond motifs is 2. The molecule has 0 unspecified atom stereocenters. The van der Waals surface area contributed by atoms with Gasteiger partial charge in [-0.15, -0.1) is 0 Å². The van der Waals surface area contributed by atoms with Crippen LogP contribution in [0.1, 0.15) is 0 Å². The fourth-order valence-electron chi connectivity index (χ4n) is 4.30. The number of para-hydroxylation sites is 2. The second-order valence-corrected chi connectivity index (χ2v) is 8.04. The van der Waals surface area contributed by atoms with Crippen LogP contribution in [0.4, 0.5) is 5.69 Å². The summed E-state index contributed by atoms with van der Waals surface area (Å²) in [6.45, 7) is 0. The summed E-state index contributed by atoms with van der Waals surface area (Å²) in [5.41, 5.74) is 4.24. The average molecular weight is 442 g/mol. The maximum Gasteiger partial charge on any atom is 0.277 e. The molecule has 0 bridgehead atoms. The molecule has 0 fully saturated rings. The van der Waals surface area contributed by atoms with E-state index in [1.165, 1.54) is 6.07 Å². The molecular weight excluding hydrogens is 424 g/mol. The molecule has 6 heteroatoms. The highest BCUT2D eigenvalue weighted by atomic mass is 16.6. The summed E-state index contributed by atoms with van der Waals surface area (Å²) in [5, 5.41) is 14.4. The van der Waals surface area contributed by atoms with E-state index in [0.717, 1.165) is 38.5 Å². The van der Waals surface area contributed by atoms with Crippen LogP contribution in [0.2, 0.25) is 0 Å². The van der Waals surface area contributed by atoms with E-state index in [9.17, 15) is 10.1 Å². The van der Waals surface area contributed by atoms with Crippen LogP contribution in [-0.4, -0.2) is 19.5 Å². The highest BCUT2D eigenvalue weighted by Crippen LogP contribution is 2.33. The molecular formula is C28H18N4O2. The second-order valence-electron chi connectivity index (χ2n) is 8.04. The zero-order chi connectivity index (χ0) is 23.1. The molecule has 0 atom stereocenters. The second kappa shape index (κ2) is 7.94. The summed E-state index contributed by atoms with van der Waals surface area (Å²) < 4.78 is 1.91. The monoisotopic (exact) mass is 442 g/mol. The van der Waals surface area contributed by atoms with Crippen molar-refractivity contribution in [2.75, 3.05) is 0 Å². The van der Waals surface area contributed by atoms with Crippen molar-refractivity contribution < 1.29 is 4.92 Å². The summed E-state index contributed by atoms with van der Waals surface area (Å²) in [7, 11) is 0. The lowest BCUT2D eigenvalue weighted by molar-refractivity contribution is -0.384. The van der Waals surface area contributed by atoms with Gasteiger partial charge in [-0.1, -0.05) is 72.8 Å². The Bertz CT molecular complexity index is 1690. The number of benzene rings is 4. The molecule has 0 saturated carbocycles. The lowest BCUT2D eigenvalue weighted by Gasteiger charge is -2.09. The van der Waals surface area contributed by atoms with Gasteiger partial charge in [0.15, 0.2) is 0 Å². The van der Waals surface area contributed by atoms with Crippen LogP contribution in [-0.2, 0) is 0 Å². The van der Waals surface area contributed by atoms with Crippen molar-refractivity contribution >= 4 is 27.4 Å². The molecule has 162 valence electrons. The first-order valence-corrected chi connectivity index (χ1v) is 10.9. The summed E-state index contributed by atoms with van der Waals surface area (Å²) in [5.74, 6) is 0.570. The highest BCUT2D eigenvalue weighted by molar-refractivity contribution is 5.93. The third-order valence-electron chi connectivity index (χ3n) is 5.92. The molecule has 0 aliphatic carbocycles. The average Bonchev–Trinajstić information content (AvgIpc) is 3.32. The van der Waals surface area contributed by atoms with Gasteiger partial charge in [-0.3, -0.25) is 14.7 Å². The number of rotatable bonds is 4. The van der Waals surface area contributed by atoms with Gasteiger partial charge in [0.1, 0.15) is 0 Å². The van der Waals surface area contributed by atoms with Crippen molar-refractivity contribution in [1.29, 1.82) is 0 Å². The molecule has 4 aromatic carbocycles. The van der Waals surface area contributed by atoms with Crippen molar-refractivity contribution in [3.05, 3.63) is 120 Å². The third-order valence-corrected chi connectivity index (χ3v) is 5.92. The van der Waals surface area contributed by atoms with Gasteiger partial charge in [-0.2, -0.15) is 0 Å². The zero-order valence-corrected chi connectivity index (χ0v) is 18.0. The van der Waals surface area contributed by atoms with Gasteiger partial charge >= 0.3 is 0 Å². The van der Waals surface area contributed by atoms with Crippen molar-refractivity contribution in [3.63, 3.8) is 0 Å². The maximum absolute atomic E-state index is 11.5. The van der Waals surface area contributed by atoms with Gasteiger partial charge in [0, 0.05) is 34.8 Å². The molecule has 6 nitrogen and oxygen atoms in total. The Labute approximate surface area is 194 Å². The third kappa shape index (κ3) is 3.38. The summed E-state index contributed by atoms with van der Waals surface area (Å²) in [6.07, 6.45) is 3.95. The minimum Gasteiger partial charge on any atom is -0.292 e. The van der Waals surface area contributed by atoms with Gasteiger partial charge in [-0.05, 0) is 29.1 Å². The molecule has 6 rings (SSSR count). The lowest BCUT2D eigenvalue weighted by Crippen LogP contribution is -2.01. The van der Waals surface area contributed by atoms with Crippen LogP contribution in [0.25, 0.3) is 50.0 Å². The van der Waals surface area contributed by atoms with Crippen molar-refractivity contribution in [2.24, 2.45) is 0 Å². The maximum atomic E-state index is 11.5. The van der Waals surface area contributed by atoms with E-state index in [1.54, 1.807) is 12.1 Å². The summed E-state index contributed by atoms with van der Waals surface area (Å²) in [6, 6.07) is 30.7. The zero-order valence-electron chi connectivity index (χ0n) is 18.0. The first-order valence-electron chi connectivity index (χ1n) is 10.9. The summed E-state index contributed by atoms with van der Waals surface area (Å²) in [4.78, 5) is 20.9. The molecule has 0 spiro atoms. The largest absolute Gasteiger partial charge is 0.292 e. The number of aromatic nitrogens is 3. The van der Waals surface area contributed by atoms with E-state index >= 15 is 0 Å². The number of nitro groups is 1. The Kier molecular flexibility index (Phi) is 4.63. The molecule has 6 aromatic rings. The molecule has 0 radical (unpaired) electrons. The van der Waals surface area contributed by atoms with Gasteiger partial charge < -0.3 is 0 Å². The number of hydrogen-bond acceptors (Lipinski definition) is 4. The quantitative estimate of drug-likeness (QED) is 0.222. The Morgan fingerprint density at radius 1 is 0.706 bits per heavy atom. The standard InChI is InChI=1S/C28H18N4O2/c33-32(34)26-13-7-5-10-23(26)20-14-15-21-17-31(18-22(21)16-20)28-29-25-12-6-4-11-24(25)27(30-28)19-8-2-1-3-9-19/h1-18H. The van der Waals surface area contributed by atoms with E-state index in [2.05, 4.69) is 0 Å². The van der Waals surface area contributed by atoms with Crippen LogP contribution >= 0.6 is 0 Å². The minimum absolute atomic E-state index is 0.0895. The molecule has 0 saturated heterocycles. The topological polar surface area (TPSA) is 73.8 Å². The molecule has 0 aliphatic rings. The Hall–Kier alpha value is -4.84. The number of nitrogens with zero attached hydrogens (tertiary/aromatic N) is 4. The van der Waals surface area contributed by atoms with Crippen molar-refractivity contribution in [2.45, 2.75) is 0 Å². The Morgan fingerprint density at radius 2 is 1.44 bits per heavy atom. The molecule has 2 aromatic heterocycles. The van der Waals surface area contributed by atoms with Crippen LogP contribution in [0.3, 0.4) is 0 Å². The van der Waals surface area contributed by atoms with Gasteiger partial charge in [-0.25, -0.2) is 9.97 Å². The van der Waals surface area contributed by atoms with Crippen LogP contribution in [0, 0.1) is 10.1 Å². The fourth-order valence-corrected chi connectivity index (χ4v) is 4.30. The van der Waals surface area contributed by atoms with Crippen LogP contribution in [0.15, 0.2) is 109 Å². The van der Waals surface area contributed by atoms with E-state index in [-0.39, 0.29) is 10.6 Å². The molecule has 2 heterocycles. The Balaban J connectivity index is 1.50. The van der Waals surface area contributed by atoms with E-state index in [4.69, 9.17) is 9.97 Å². The Morgan fingerprint density at radius 3 is 2.29 bits per heavy atom. The summed E-state index contributed by atoms with van der Waals surface area (Å²) >= 11 is 0. The van der Waals surface area contributed by atoms with E-state index < -0.39 is 0 Å².